The predicted octanol–water partition coefficient (Wildman–Crippen LogP) is 10.7. The molecule has 3 rings (SSSR count). The van der Waals surface area contributed by atoms with Gasteiger partial charge in [0.2, 0.25) is 5.79 Å². The van der Waals surface area contributed by atoms with E-state index in [1.54, 1.807) is 10.8 Å². The summed E-state index contributed by atoms with van der Waals surface area (Å²) in [7, 11) is -9.16. The number of nitrogens with one attached hydrogen (secondary N) is 1. The van der Waals surface area contributed by atoms with Crippen molar-refractivity contribution in [3.8, 4) is 0 Å². The fraction of sp³-hybridized carbons (Fsp3) is 0.842. The Hall–Kier alpha value is -0.912. The molecule has 2 aromatic rings. The Balaban J connectivity index is 2.30. The van der Waals surface area contributed by atoms with Crippen molar-refractivity contribution in [2.24, 2.45) is 0 Å². The van der Waals surface area contributed by atoms with Crippen LogP contribution in [0.25, 0.3) is 5.52 Å². The normalized spacial score (nSPS) is 23.4. The second-order valence-electron chi connectivity index (χ2n) is 20.7. The molecule has 1 unspecified atom stereocenters. The summed E-state index contributed by atoms with van der Waals surface area (Å²) >= 11 is 0. The number of nitrogens with zero attached hydrogens (tertiary/aromatic N) is 3. The second kappa shape index (κ2) is 14.6. The quantitative estimate of drug-likeness (QED) is 0.194. The summed E-state index contributed by atoms with van der Waals surface area (Å²) < 4.78 is 30.2. The van der Waals surface area contributed by atoms with Gasteiger partial charge in [-0.2, -0.15) is 5.10 Å². The van der Waals surface area contributed by atoms with Crippen LogP contribution in [0.15, 0.2) is 18.5 Å². The number of ether oxygens (including phenoxy) is 1. The number of aromatic nitrogens is 3. The van der Waals surface area contributed by atoms with Crippen molar-refractivity contribution < 1.29 is 23.1 Å². The molecule has 0 aromatic carbocycles. The number of fused-ring (bicyclic) bond motifs is 1. The third-order valence-corrected chi connectivity index (χ3v) is 33.1. The molecule has 1 fully saturated rings. The lowest BCUT2D eigenvalue weighted by atomic mass is 10.0. The lowest BCUT2D eigenvalue weighted by Crippen LogP contribution is -2.56. The summed E-state index contributed by atoms with van der Waals surface area (Å²) in [5.41, 5.74) is 2.73. The van der Waals surface area contributed by atoms with E-state index in [2.05, 4.69) is 148 Å². The number of anilines is 1. The molecule has 13 heteroatoms. The van der Waals surface area contributed by atoms with Crippen LogP contribution in [0.1, 0.15) is 110 Å². The van der Waals surface area contributed by atoms with Gasteiger partial charge in [0, 0.05) is 0 Å². The Morgan fingerprint density at radius 3 is 1.71 bits per heavy atom. The van der Waals surface area contributed by atoms with Crippen molar-refractivity contribution in [1.82, 2.24) is 14.6 Å². The zero-order valence-corrected chi connectivity index (χ0v) is 40.3. The smallest absolute Gasteiger partial charge is 0.239 e. The van der Waals surface area contributed by atoms with Crippen molar-refractivity contribution >= 4 is 44.5 Å². The average Bonchev–Trinajstić information content (AvgIpc) is 3.48. The van der Waals surface area contributed by atoms with Gasteiger partial charge in [0.1, 0.15) is 41.7 Å². The molecule has 0 radical (unpaired) electrons. The monoisotopic (exact) mass is 780 g/mol. The zero-order chi connectivity index (χ0) is 39.6. The largest absolute Gasteiger partial charge is 0.414 e. The van der Waals surface area contributed by atoms with Gasteiger partial charge < -0.3 is 28.1 Å². The number of hydrogen-bond acceptors (Lipinski definition) is 8. The van der Waals surface area contributed by atoms with Crippen molar-refractivity contribution in [1.29, 1.82) is 0 Å². The lowest BCUT2D eigenvalue weighted by molar-refractivity contribution is -0.239. The summed E-state index contributed by atoms with van der Waals surface area (Å²) in [6.45, 7) is 47.9. The zero-order valence-electron chi connectivity index (χ0n) is 36.3. The highest BCUT2D eigenvalue weighted by Gasteiger charge is 2.62. The third-order valence-electron chi connectivity index (χ3n) is 13.3. The highest BCUT2D eigenvalue weighted by molar-refractivity contribution is 6.86. The van der Waals surface area contributed by atoms with Crippen LogP contribution in [0.3, 0.4) is 0 Å². The van der Waals surface area contributed by atoms with Crippen LogP contribution in [0, 0.1) is 0 Å². The molecule has 3 heterocycles. The minimum Gasteiger partial charge on any atom is -0.414 e. The van der Waals surface area contributed by atoms with E-state index in [1.807, 2.05) is 12.1 Å². The summed E-state index contributed by atoms with van der Waals surface area (Å²) in [6, 6.07) is 3.94. The van der Waals surface area contributed by atoms with E-state index in [4.69, 9.17) is 28.1 Å². The first-order chi connectivity index (χ1) is 22.8. The minimum absolute atomic E-state index is 0.00722. The number of hydrogen-bond donors (Lipinski definition) is 2. The van der Waals surface area contributed by atoms with Gasteiger partial charge in [-0.05, 0) is 83.2 Å². The van der Waals surface area contributed by atoms with Gasteiger partial charge in [-0.3, -0.25) is 0 Å². The minimum atomic E-state index is -2.49. The molecule has 1 aliphatic rings. The van der Waals surface area contributed by atoms with E-state index in [9.17, 15) is 5.11 Å². The Morgan fingerprint density at radius 2 is 1.25 bits per heavy atom. The van der Waals surface area contributed by atoms with Crippen LogP contribution in [0.5, 0.6) is 0 Å². The number of rotatable bonds is 13. The molecule has 0 aliphatic carbocycles. The molecule has 0 amide bonds. The molecule has 9 nitrogen and oxygen atoms in total. The Labute approximate surface area is 315 Å². The van der Waals surface area contributed by atoms with Gasteiger partial charge >= 0.3 is 0 Å². The SMILES string of the molecule is CC(C)[Si](Nc1ncnn2c(C3(O)O[C@H](CO[Si](C)(C)C(C)(C)C)[C@@H](O[Si](C)(C)C(C)(C)C)[C@H]3O[Si](C)(C)C(C)(C)C)ccc12)(C(C)C)C(C)C. The number of aliphatic hydroxyl groups is 1. The van der Waals surface area contributed by atoms with Crippen molar-refractivity contribution in [3.63, 3.8) is 0 Å². The van der Waals surface area contributed by atoms with E-state index in [1.165, 1.54) is 0 Å². The third kappa shape index (κ3) is 8.51. The predicted molar refractivity (Wildman–Crippen MR) is 224 cm³/mol. The van der Waals surface area contributed by atoms with Gasteiger partial charge in [0.15, 0.2) is 33.2 Å². The molecule has 4 atom stereocenters. The van der Waals surface area contributed by atoms with Crippen molar-refractivity contribution in [2.45, 2.75) is 199 Å². The molecular weight excluding hydrogens is 705 g/mol. The Kier molecular flexibility index (Phi) is 12.8. The molecule has 0 bridgehead atoms. The summed E-state index contributed by atoms with van der Waals surface area (Å²) in [6.07, 6.45) is -0.369. The molecule has 294 valence electrons. The first-order valence-corrected chi connectivity index (χ1v) is 30.2. The van der Waals surface area contributed by atoms with Crippen LogP contribution in [-0.4, -0.2) is 77.8 Å². The molecule has 1 saturated heterocycles. The van der Waals surface area contributed by atoms with Gasteiger partial charge in [-0.15, -0.1) is 0 Å². The van der Waals surface area contributed by atoms with E-state index in [-0.39, 0.29) is 15.1 Å². The first kappa shape index (κ1) is 44.5. The summed E-state index contributed by atoms with van der Waals surface area (Å²) in [4.78, 5) is 8.83. The fourth-order valence-corrected chi connectivity index (χ4v) is 15.9. The summed E-state index contributed by atoms with van der Waals surface area (Å²) in [5, 5.41) is 17.8. The Morgan fingerprint density at radius 1 is 0.784 bits per heavy atom. The maximum absolute atomic E-state index is 13.2. The highest BCUT2D eigenvalue weighted by atomic mass is 28.4. The maximum Gasteiger partial charge on any atom is 0.239 e. The van der Waals surface area contributed by atoms with Gasteiger partial charge in [-0.25, -0.2) is 9.50 Å². The van der Waals surface area contributed by atoms with E-state index in [0.717, 1.165) is 11.3 Å². The van der Waals surface area contributed by atoms with Gasteiger partial charge in [0.05, 0.1) is 6.61 Å². The van der Waals surface area contributed by atoms with E-state index < -0.39 is 57.3 Å². The van der Waals surface area contributed by atoms with Crippen molar-refractivity contribution in [3.05, 3.63) is 24.2 Å². The van der Waals surface area contributed by atoms with E-state index >= 15 is 0 Å². The first-order valence-electron chi connectivity index (χ1n) is 19.3. The molecule has 2 N–H and O–H groups in total. The van der Waals surface area contributed by atoms with Crippen LogP contribution < -0.4 is 4.98 Å². The van der Waals surface area contributed by atoms with Crippen LogP contribution in [0.2, 0.25) is 71.0 Å². The van der Waals surface area contributed by atoms with Crippen LogP contribution >= 0.6 is 0 Å². The van der Waals surface area contributed by atoms with Gasteiger partial charge in [-0.1, -0.05) is 104 Å². The van der Waals surface area contributed by atoms with Crippen LogP contribution in [-0.2, 0) is 23.8 Å². The standard InChI is InChI=1S/C38H76N4O5Si4/c1-26(2)51(27(3)4,28(5)6)41-34-29-22-23-31(42(29)40-25-39-34)38(43)33(47-50(20,21)37(13,14)15)32(46-49(18,19)36(10,11)12)30(45-38)24-44-48(16,17)35(7,8)9/h22-23,25-28,30,32-33,43H,24H2,1-21H3,(H,39,40,41)/t30-,32-,33-,38?/m1/s1. The second-order valence-corrected chi connectivity index (χ2v) is 40.6. The molecular formula is C38H76N4O5Si4. The molecule has 0 saturated carbocycles. The van der Waals surface area contributed by atoms with Gasteiger partial charge in [0.25, 0.3) is 0 Å². The summed E-state index contributed by atoms with van der Waals surface area (Å²) in [5.74, 6) is -1.08. The van der Waals surface area contributed by atoms with Crippen molar-refractivity contribution in [2.75, 3.05) is 11.6 Å². The fourth-order valence-electron chi connectivity index (χ4n) is 6.86. The van der Waals surface area contributed by atoms with Crippen LogP contribution in [0.4, 0.5) is 5.82 Å². The average molecular weight is 781 g/mol. The molecule has 2 aromatic heterocycles. The molecule has 51 heavy (non-hydrogen) atoms. The Bertz CT molecular complexity index is 1470. The molecule has 0 spiro atoms. The topological polar surface area (TPSA) is 99.4 Å². The maximum atomic E-state index is 13.2. The molecule has 1 aliphatic heterocycles. The lowest BCUT2D eigenvalue weighted by Gasteiger charge is -2.45. The highest BCUT2D eigenvalue weighted by Crippen LogP contribution is 2.50. The van der Waals surface area contributed by atoms with E-state index in [0.29, 0.717) is 28.9 Å².